The molecule has 4 nitrogen and oxygen atoms in total. The van der Waals surface area contributed by atoms with Gasteiger partial charge in [0.1, 0.15) is 0 Å². The van der Waals surface area contributed by atoms with E-state index in [1.807, 2.05) is 36.4 Å². The average Bonchev–Trinajstić information content (AvgIpc) is 2.63. The van der Waals surface area contributed by atoms with Crippen LogP contribution in [-0.2, 0) is 0 Å². The second-order valence-electron chi connectivity index (χ2n) is 6.24. The molecule has 0 saturated carbocycles. The van der Waals surface area contributed by atoms with Crippen molar-refractivity contribution in [1.82, 2.24) is 5.43 Å². The van der Waals surface area contributed by atoms with Crippen molar-refractivity contribution in [2.45, 2.75) is 33.6 Å². The van der Waals surface area contributed by atoms with Gasteiger partial charge in [0.15, 0.2) is 0 Å². The topological polar surface area (TPSA) is 44.7 Å². The largest absolute Gasteiger partial charge is 0.372 e. The Bertz CT molecular complexity index is 699. The highest BCUT2D eigenvalue weighted by Gasteiger charge is 2.06. The summed E-state index contributed by atoms with van der Waals surface area (Å²) < 4.78 is 0. The number of amides is 1. The maximum absolute atomic E-state index is 12.2. The number of rotatable bonds is 7. The fourth-order valence-electron chi connectivity index (χ4n) is 2.61. The van der Waals surface area contributed by atoms with Gasteiger partial charge in [-0.15, -0.1) is 0 Å². The normalized spacial score (nSPS) is 11.1. The Labute approximate surface area is 150 Å². The molecule has 0 atom stereocenters. The molecule has 0 aliphatic carbocycles. The van der Waals surface area contributed by atoms with Crippen LogP contribution in [0.4, 0.5) is 5.69 Å². The zero-order chi connectivity index (χ0) is 18.2. The standard InChI is InChI=1S/C21H27N3O/c1-5-24(6-2)20-13-11-19(12-14-20)21(25)23-22-15-17-7-9-18(10-8-17)16(3)4/h7-16H,5-6H2,1-4H3,(H,23,25)/b22-15-. The fourth-order valence-corrected chi connectivity index (χ4v) is 2.61. The number of hydrazone groups is 1. The van der Waals surface area contributed by atoms with Gasteiger partial charge in [0.05, 0.1) is 6.21 Å². The summed E-state index contributed by atoms with van der Waals surface area (Å²) in [7, 11) is 0. The Morgan fingerprint density at radius 2 is 1.64 bits per heavy atom. The first kappa shape index (κ1) is 18.7. The van der Waals surface area contributed by atoms with Crippen LogP contribution in [0.2, 0.25) is 0 Å². The number of benzene rings is 2. The number of carbonyl (C=O) groups is 1. The summed E-state index contributed by atoms with van der Waals surface area (Å²) in [5, 5.41) is 4.05. The zero-order valence-corrected chi connectivity index (χ0v) is 15.5. The molecule has 0 radical (unpaired) electrons. The summed E-state index contributed by atoms with van der Waals surface area (Å²) in [6.45, 7) is 10.5. The van der Waals surface area contributed by atoms with E-state index in [0.29, 0.717) is 11.5 Å². The Balaban J connectivity index is 1.95. The van der Waals surface area contributed by atoms with Gasteiger partial charge in [-0.05, 0) is 55.2 Å². The first-order chi connectivity index (χ1) is 12.0. The van der Waals surface area contributed by atoms with Gasteiger partial charge in [0.2, 0.25) is 0 Å². The van der Waals surface area contributed by atoms with Crippen molar-refractivity contribution in [3.63, 3.8) is 0 Å². The van der Waals surface area contributed by atoms with Crippen molar-refractivity contribution in [2.24, 2.45) is 5.10 Å². The lowest BCUT2D eigenvalue weighted by atomic mass is 10.0. The van der Waals surface area contributed by atoms with Crippen LogP contribution in [0.25, 0.3) is 0 Å². The Hall–Kier alpha value is -2.62. The van der Waals surface area contributed by atoms with Crippen molar-refractivity contribution in [3.05, 3.63) is 65.2 Å². The van der Waals surface area contributed by atoms with Crippen molar-refractivity contribution in [1.29, 1.82) is 0 Å². The Morgan fingerprint density at radius 3 is 2.16 bits per heavy atom. The summed E-state index contributed by atoms with van der Waals surface area (Å²) in [4.78, 5) is 14.4. The van der Waals surface area contributed by atoms with E-state index in [1.165, 1.54) is 5.56 Å². The van der Waals surface area contributed by atoms with Gasteiger partial charge < -0.3 is 4.90 Å². The van der Waals surface area contributed by atoms with Crippen molar-refractivity contribution in [3.8, 4) is 0 Å². The number of anilines is 1. The molecular formula is C21H27N3O. The first-order valence-corrected chi connectivity index (χ1v) is 8.83. The van der Waals surface area contributed by atoms with Crippen LogP contribution in [0.15, 0.2) is 53.6 Å². The van der Waals surface area contributed by atoms with Crippen LogP contribution < -0.4 is 10.3 Å². The molecule has 2 aromatic carbocycles. The lowest BCUT2D eigenvalue weighted by molar-refractivity contribution is 0.0955. The molecule has 25 heavy (non-hydrogen) atoms. The zero-order valence-electron chi connectivity index (χ0n) is 15.5. The molecule has 4 heteroatoms. The molecule has 0 heterocycles. The molecule has 0 bridgehead atoms. The molecule has 1 amide bonds. The number of nitrogens with one attached hydrogen (secondary N) is 1. The SMILES string of the molecule is CCN(CC)c1ccc(C(=O)N/N=C\c2ccc(C(C)C)cc2)cc1. The number of carbonyl (C=O) groups excluding carboxylic acids is 1. The van der Waals surface area contributed by atoms with Crippen LogP contribution in [0.1, 0.15) is 55.1 Å². The summed E-state index contributed by atoms with van der Waals surface area (Å²) in [6, 6.07) is 15.8. The minimum Gasteiger partial charge on any atom is -0.372 e. The first-order valence-electron chi connectivity index (χ1n) is 8.83. The predicted molar refractivity (Wildman–Crippen MR) is 106 cm³/mol. The predicted octanol–water partition coefficient (Wildman–Crippen LogP) is 4.42. The Morgan fingerprint density at radius 1 is 1.04 bits per heavy atom. The highest BCUT2D eigenvalue weighted by atomic mass is 16.2. The molecule has 132 valence electrons. The van der Waals surface area contributed by atoms with E-state index < -0.39 is 0 Å². The molecular weight excluding hydrogens is 310 g/mol. The highest BCUT2D eigenvalue weighted by Crippen LogP contribution is 2.15. The third-order valence-electron chi connectivity index (χ3n) is 4.24. The lowest BCUT2D eigenvalue weighted by Gasteiger charge is -2.20. The van der Waals surface area contributed by atoms with Crippen LogP contribution in [0.5, 0.6) is 0 Å². The molecule has 0 fully saturated rings. The van der Waals surface area contributed by atoms with E-state index >= 15 is 0 Å². The second-order valence-corrected chi connectivity index (χ2v) is 6.24. The van der Waals surface area contributed by atoms with Gasteiger partial charge in [0, 0.05) is 24.3 Å². The van der Waals surface area contributed by atoms with E-state index in [9.17, 15) is 4.79 Å². The molecule has 2 rings (SSSR count). The van der Waals surface area contributed by atoms with Gasteiger partial charge in [-0.2, -0.15) is 5.10 Å². The van der Waals surface area contributed by atoms with Crippen LogP contribution in [0, 0.1) is 0 Å². The third kappa shape index (κ3) is 5.18. The molecule has 2 aromatic rings. The quantitative estimate of drug-likeness (QED) is 0.600. The second kappa shape index (κ2) is 9.02. The van der Waals surface area contributed by atoms with E-state index in [2.05, 4.69) is 55.3 Å². The maximum Gasteiger partial charge on any atom is 0.271 e. The molecule has 1 N–H and O–H groups in total. The molecule has 0 aliphatic rings. The van der Waals surface area contributed by atoms with E-state index in [0.717, 1.165) is 24.3 Å². The van der Waals surface area contributed by atoms with Gasteiger partial charge in [-0.1, -0.05) is 38.1 Å². The monoisotopic (exact) mass is 337 g/mol. The molecule has 0 unspecified atom stereocenters. The smallest absolute Gasteiger partial charge is 0.271 e. The van der Waals surface area contributed by atoms with E-state index in [1.54, 1.807) is 6.21 Å². The third-order valence-corrected chi connectivity index (χ3v) is 4.24. The highest BCUT2D eigenvalue weighted by molar-refractivity contribution is 5.95. The average molecular weight is 337 g/mol. The molecule has 0 aromatic heterocycles. The maximum atomic E-state index is 12.2. The van der Waals surface area contributed by atoms with Crippen molar-refractivity contribution < 1.29 is 4.79 Å². The van der Waals surface area contributed by atoms with E-state index in [-0.39, 0.29) is 5.91 Å². The summed E-state index contributed by atoms with van der Waals surface area (Å²) >= 11 is 0. The molecule has 0 aliphatic heterocycles. The molecule has 0 spiro atoms. The summed E-state index contributed by atoms with van der Waals surface area (Å²) in [6.07, 6.45) is 1.66. The van der Waals surface area contributed by atoms with Crippen molar-refractivity contribution >= 4 is 17.8 Å². The summed E-state index contributed by atoms with van der Waals surface area (Å²) in [5.74, 6) is 0.297. The van der Waals surface area contributed by atoms with Crippen LogP contribution >= 0.6 is 0 Å². The van der Waals surface area contributed by atoms with Gasteiger partial charge in [0.25, 0.3) is 5.91 Å². The minimum absolute atomic E-state index is 0.207. The number of nitrogens with zero attached hydrogens (tertiary/aromatic N) is 2. The van der Waals surface area contributed by atoms with E-state index in [4.69, 9.17) is 0 Å². The fraction of sp³-hybridized carbons (Fsp3) is 0.333. The van der Waals surface area contributed by atoms with Crippen LogP contribution in [-0.4, -0.2) is 25.2 Å². The van der Waals surface area contributed by atoms with Crippen molar-refractivity contribution in [2.75, 3.05) is 18.0 Å². The number of hydrogen-bond acceptors (Lipinski definition) is 3. The Kier molecular flexibility index (Phi) is 6.75. The number of hydrogen-bond donors (Lipinski definition) is 1. The van der Waals surface area contributed by atoms with Gasteiger partial charge >= 0.3 is 0 Å². The lowest BCUT2D eigenvalue weighted by Crippen LogP contribution is -2.22. The van der Waals surface area contributed by atoms with Crippen LogP contribution in [0.3, 0.4) is 0 Å². The molecule has 0 saturated heterocycles. The minimum atomic E-state index is -0.207. The van der Waals surface area contributed by atoms with Gasteiger partial charge in [-0.25, -0.2) is 5.43 Å². The van der Waals surface area contributed by atoms with Gasteiger partial charge in [-0.3, -0.25) is 4.79 Å². The summed E-state index contributed by atoms with van der Waals surface area (Å²) in [5.41, 5.74) is 6.55.